The second-order valence-corrected chi connectivity index (χ2v) is 7.14. The molecule has 136 valence electrons. The van der Waals surface area contributed by atoms with Crippen molar-refractivity contribution in [3.8, 4) is 0 Å². The molecule has 1 aliphatic heterocycles. The van der Waals surface area contributed by atoms with Crippen LogP contribution < -0.4 is 0 Å². The molecule has 3 rings (SSSR count). The minimum atomic E-state index is -4.35. The first kappa shape index (κ1) is 17.9. The van der Waals surface area contributed by atoms with Crippen molar-refractivity contribution in [1.82, 2.24) is 9.80 Å². The van der Waals surface area contributed by atoms with Gasteiger partial charge in [0.1, 0.15) is 0 Å². The van der Waals surface area contributed by atoms with Crippen LogP contribution >= 0.6 is 0 Å². The molecular weight excluding hydrogens is 333 g/mol. The summed E-state index contributed by atoms with van der Waals surface area (Å²) in [4.78, 5) is 27.9. The molecule has 1 aromatic carbocycles. The Hall–Kier alpha value is -1.89. The van der Waals surface area contributed by atoms with Crippen molar-refractivity contribution in [2.24, 2.45) is 5.41 Å². The number of carbonyl (C=O) groups is 2. The summed E-state index contributed by atoms with van der Waals surface area (Å²) in [6.45, 7) is 0.530. The van der Waals surface area contributed by atoms with Crippen LogP contribution in [0, 0.1) is 5.41 Å². The van der Waals surface area contributed by atoms with Crippen LogP contribution in [0.4, 0.5) is 13.2 Å². The Kier molecular flexibility index (Phi) is 4.62. The lowest BCUT2D eigenvalue weighted by Gasteiger charge is -2.25. The van der Waals surface area contributed by atoms with Crippen molar-refractivity contribution in [2.45, 2.75) is 44.8 Å². The molecule has 0 aromatic heterocycles. The molecule has 0 atom stereocenters. The lowest BCUT2D eigenvalue weighted by atomic mass is 9.85. The molecule has 1 saturated heterocycles. The Bertz CT molecular complexity index is 664. The van der Waals surface area contributed by atoms with Gasteiger partial charge in [-0.2, -0.15) is 13.2 Å². The number of carbonyl (C=O) groups excluding carboxylic acids is 2. The van der Waals surface area contributed by atoms with E-state index in [1.807, 2.05) is 0 Å². The van der Waals surface area contributed by atoms with Crippen molar-refractivity contribution < 1.29 is 22.8 Å². The molecule has 1 aliphatic carbocycles. The normalized spacial score (nSPS) is 20.3. The fourth-order valence-electron chi connectivity index (χ4n) is 3.85. The molecule has 1 saturated carbocycles. The Morgan fingerprint density at radius 3 is 2.28 bits per heavy atom. The van der Waals surface area contributed by atoms with E-state index in [4.69, 9.17) is 0 Å². The van der Waals surface area contributed by atoms with Crippen LogP contribution in [0.15, 0.2) is 24.3 Å². The van der Waals surface area contributed by atoms with Crippen LogP contribution in [0.5, 0.6) is 0 Å². The van der Waals surface area contributed by atoms with E-state index >= 15 is 0 Å². The predicted molar refractivity (Wildman–Crippen MR) is 85.1 cm³/mol. The number of likely N-dealkylation sites (tertiary alicyclic amines) is 1. The first-order valence-electron chi connectivity index (χ1n) is 8.41. The van der Waals surface area contributed by atoms with Gasteiger partial charge in [0.15, 0.2) is 0 Å². The van der Waals surface area contributed by atoms with Gasteiger partial charge >= 0.3 is 6.18 Å². The third-order valence-corrected chi connectivity index (χ3v) is 5.17. The first-order chi connectivity index (χ1) is 11.7. The zero-order valence-electron chi connectivity index (χ0n) is 14.1. The van der Waals surface area contributed by atoms with Gasteiger partial charge in [0.25, 0.3) is 0 Å². The summed E-state index contributed by atoms with van der Waals surface area (Å²) in [5.41, 5.74) is -0.483. The van der Waals surface area contributed by atoms with Crippen molar-refractivity contribution in [3.63, 3.8) is 0 Å². The van der Waals surface area contributed by atoms with Gasteiger partial charge in [-0.25, -0.2) is 0 Å². The SMILES string of the molecule is CN(Cc1ccc(C(F)(F)F)cc1)CN1C(=O)CC2(CCCC2)C1=O. The number of alkyl halides is 3. The van der Waals surface area contributed by atoms with E-state index in [0.717, 1.165) is 37.8 Å². The summed E-state index contributed by atoms with van der Waals surface area (Å²) in [7, 11) is 1.75. The maximum atomic E-state index is 12.6. The highest BCUT2D eigenvalue weighted by Gasteiger charge is 2.52. The summed E-state index contributed by atoms with van der Waals surface area (Å²) < 4.78 is 37.8. The molecular formula is C18H21F3N2O2. The fraction of sp³-hybridized carbons (Fsp3) is 0.556. The van der Waals surface area contributed by atoms with Crippen LogP contribution in [-0.2, 0) is 22.3 Å². The van der Waals surface area contributed by atoms with Gasteiger partial charge in [-0.1, -0.05) is 25.0 Å². The van der Waals surface area contributed by atoms with Crippen LogP contribution in [0.1, 0.15) is 43.2 Å². The third kappa shape index (κ3) is 3.56. The van der Waals surface area contributed by atoms with E-state index in [1.54, 1.807) is 11.9 Å². The van der Waals surface area contributed by atoms with E-state index in [-0.39, 0.29) is 18.5 Å². The number of halogens is 3. The predicted octanol–water partition coefficient (Wildman–Crippen LogP) is 3.41. The number of amides is 2. The van der Waals surface area contributed by atoms with Gasteiger partial charge in [-0.3, -0.25) is 19.4 Å². The van der Waals surface area contributed by atoms with Gasteiger partial charge in [0.2, 0.25) is 11.8 Å². The molecule has 2 aliphatic rings. The first-order valence-corrected chi connectivity index (χ1v) is 8.41. The zero-order valence-corrected chi connectivity index (χ0v) is 14.1. The Balaban J connectivity index is 1.62. The van der Waals surface area contributed by atoms with Crippen LogP contribution in [0.25, 0.3) is 0 Å². The van der Waals surface area contributed by atoms with Gasteiger partial charge in [-0.15, -0.1) is 0 Å². The molecule has 0 radical (unpaired) electrons. The summed E-state index contributed by atoms with van der Waals surface area (Å²) >= 11 is 0. The summed E-state index contributed by atoms with van der Waals surface area (Å²) in [6.07, 6.45) is -0.551. The lowest BCUT2D eigenvalue weighted by molar-refractivity contribution is -0.143. The molecule has 1 aromatic rings. The van der Waals surface area contributed by atoms with Crippen molar-refractivity contribution in [3.05, 3.63) is 35.4 Å². The Morgan fingerprint density at radius 1 is 1.12 bits per heavy atom. The van der Waals surface area contributed by atoms with Crippen molar-refractivity contribution >= 4 is 11.8 Å². The van der Waals surface area contributed by atoms with Crippen LogP contribution in [0.2, 0.25) is 0 Å². The highest BCUT2D eigenvalue weighted by Crippen LogP contribution is 2.46. The monoisotopic (exact) mass is 354 g/mol. The smallest absolute Gasteiger partial charge is 0.284 e. The van der Waals surface area contributed by atoms with E-state index in [9.17, 15) is 22.8 Å². The largest absolute Gasteiger partial charge is 0.416 e. The average molecular weight is 354 g/mol. The zero-order chi connectivity index (χ0) is 18.2. The van der Waals surface area contributed by atoms with Gasteiger partial charge in [-0.05, 0) is 37.6 Å². The number of hydrogen-bond acceptors (Lipinski definition) is 3. The van der Waals surface area contributed by atoms with Gasteiger partial charge in [0.05, 0.1) is 17.6 Å². The van der Waals surface area contributed by atoms with Crippen molar-refractivity contribution in [1.29, 1.82) is 0 Å². The van der Waals surface area contributed by atoms with Gasteiger partial charge in [0, 0.05) is 13.0 Å². The highest BCUT2D eigenvalue weighted by molar-refractivity contribution is 6.06. The molecule has 0 bridgehead atoms. The Morgan fingerprint density at radius 2 is 1.72 bits per heavy atom. The van der Waals surface area contributed by atoms with E-state index < -0.39 is 17.2 Å². The summed E-state index contributed by atoms with van der Waals surface area (Å²) in [5, 5.41) is 0. The third-order valence-electron chi connectivity index (χ3n) is 5.17. The molecule has 2 amide bonds. The average Bonchev–Trinajstić information content (AvgIpc) is 3.08. The number of benzene rings is 1. The molecule has 0 unspecified atom stereocenters. The molecule has 2 fully saturated rings. The molecule has 1 spiro atoms. The quantitative estimate of drug-likeness (QED) is 0.778. The highest BCUT2D eigenvalue weighted by atomic mass is 19.4. The van der Waals surface area contributed by atoms with Crippen LogP contribution in [0.3, 0.4) is 0 Å². The number of hydrogen-bond donors (Lipinski definition) is 0. The van der Waals surface area contributed by atoms with E-state index in [0.29, 0.717) is 18.5 Å². The Labute approximate surface area is 144 Å². The maximum absolute atomic E-state index is 12.6. The molecule has 4 nitrogen and oxygen atoms in total. The number of rotatable bonds is 4. The number of imide groups is 1. The minimum Gasteiger partial charge on any atom is -0.284 e. The second-order valence-electron chi connectivity index (χ2n) is 7.14. The van der Waals surface area contributed by atoms with E-state index in [1.165, 1.54) is 17.0 Å². The molecule has 7 heteroatoms. The maximum Gasteiger partial charge on any atom is 0.416 e. The van der Waals surface area contributed by atoms with Crippen LogP contribution in [-0.4, -0.2) is 35.3 Å². The minimum absolute atomic E-state index is 0.0886. The molecule has 25 heavy (non-hydrogen) atoms. The molecule has 0 N–H and O–H groups in total. The second kappa shape index (κ2) is 6.44. The fourth-order valence-corrected chi connectivity index (χ4v) is 3.85. The van der Waals surface area contributed by atoms with Gasteiger partial charge < -0.3 is 0 Å². The topological polar surface area (TPSA) is 40.6 Å². The summed E-state index contributed by atoms with van der Waals surface area (Å²) in [5.74, 6) is -0.236. The lowest BCUT2D eigenvalue weighted by Crippen LogP contribution is -2.41. The summed E-state index contributed by atoms with van der Waals surface area (Å²) in [6, 6.07) is 4.93. The van der Waals surface area contributed by atoms with E-state index in [2.05, 4.69) is 0 Å². The molecule has 1 heterocycles. The number of nitrogens with zero attached hydrogens (tertiary/aromatic N) is 2. The van der Waals surface area contributed by atoms with Crippen molar-refractivity contribution in [2.75, 3.05) is 13.7 Å². The standard InChI is InChI=1S/C18H21F3N2O2/c1-22(11-13-4-6-14(7-5-13)18(19,20)21)12-23-15(24)10-17(16(23)25)8-2-3-9-17/h4-7H,2-3,8-12H2,1H3.